The van der Waals surface area contributed by atoms with Gasteiger partial charge in [0.1, 0.15) is 0 Å². The Bertz CT molecular complexity index is 790. The van der Waals surface area contributed by atoms with Gasteiger partial charge in [-0.05, 0) is 22.9 Å². The Morgan fingerprint density at radius 3 is 2.77 bits per heavy atom. The van der Waals surface area contributed by atoms with Crippen LogP contribution in [-0.2, 0) is 6.54 Å². The highest BCUT2D eigenvalue weighted by molar-refractivity contribution is 6.06. The summed E-state index contributed by atoms with van der Waals surface area (Å²) in [5.41, 5.74) is 1.55. The zero-order valence-corrected chi connectivity index (χ0v) is 11.5. The van der Waals surface area contributed by atoms with Crippen LogP contribution in [0.3, 0.4) is 0 Å². The molecule has 3 rings (SSSR count). The molecule has 7 heteroatoms. The Labute approximate surface area is 125 Å². The molecule has 3 aromatic rings. The molecule has 0 aliphatic carbocycles. The lowest BCUT2D eigenvalue weighted by Crippen LogP contribution is -2.08. The average molecular weight is 295 g/mol. The molecule has 0 aliphatic heterocycles. The first-order chi connectivity index (χ1) is 10.7. The number of aliphatic hydroxyl groups excluding tert-OH is 1. The first kappa shape index (κ1) is 13.7. The molecule has 2 heterocycles. The molecule has 22 heavy (non-hydrogen) atoms. The summed E-state index contributed by atoms with van der Waals surface area (Å²) in [6.45, 7) is 0.575. The van der Waals surface area contributed by atoms with Gasteiger partial charge in [-0.25, -0.2) is 0 Å². The van der Waals surface area contributed by atoms with Crippen LogP contribution in [0.1, 0.15) is 21.9 Å². The molecule has 0 radical (unpaired) electrons. The highest BCUT2D eigenvalue weighted by atomic mass is 16.3. The fourth-order valence-electron chi connectivity index (χ4n) is 2.09. The Morgan fingerprint density at radius 2 is 2.05 bits per heavy atom. The Hall–Kier alpha value is -3.22. The van der Waals surface area contributed by atoms with Gasteiger partial charge in [-0.1, -0.05) is 30.3 Å². The highest BCUT2D eigenvalue weighted by Gasteiger charge is 2.12. The number of ketones is 1. The van der Waals surface area contributed by atoms with Gasteiger partial charge in [0, 0.05) is 18.8 Å². The number of nitrogens with zero attached hydrogens (tertiary/aromatic N) is 4. The molecule has 0 saturated carbocycles. The lowest BCUT2D eigenvalue weighted by Gasteiger charge is -2.07. The summed E-state index contributed by atoms with van der Waals surface area (Å²) in [6.07, 6.45) is 2.90. The lowest BCUT2D eigenvalue weighted by atomic mass is 10.2. The Kier molecular flexibility index (Phi) is 3.78. The molecule has 2 N–H and O–H groups in total. The number of hydrogen-bond donors (Lipinski definition) is 2. The number of aromatic nitrogens is 5. The number of carbonyl (C=O) groups excluding carboxylic acids is 1. The average Bonchev–Trinajstić information content (AvgIpc) is 3.19. The van der Waals surface area contributed by atoms with E-state index in [0.29, 0.717) is 12.2 Å². The van der Waals surface area contributed by atoms with E-state index >= 15 is 0 Å². The largest absolute Gasteiger partial charge is 0.504 e. The first-order valence-corrected chi connectivity index (χ1v) is 6.62. The van der Waals surface area contributed by atoms with Gasteiger partial charge >= 0.3 is 0 Å². The zero-order valence-electron chi connectivity index (χ0n) is 11.5. The van der Waals surface area contributed by atoms with Gasteiger partial charge < -0.3 is 9.67 Å². The molecule has 0 spiro atoms. The molecule has 0 unspecified atom stereocenters. The van der Waals surface area contributed by atoms with Crippen LogP contribution in [0.4, 0.5) is 0 Å². The van der Waals surface area contributed by atoms with Crippen molar-refractivity contribution in [1.82, 2.24) is 25.2 Å². The number of aromatic amines is 1. The predicted molar refractivity (Wildman–Crippen MR) is 79.1 cm³/mol. The molecule has 0 fully saturated rings. The van der Waals surface area contributed by atoms with Crippen molar-refractivity contribution < 1.29 is 9.90 Å². The minimum Gasteiger partial charge on any atom is -0.504 e. The summed E-state index contributed by atoms with van der Waals surface area (Å²) in [4.78, 5) is 12.3. The van der Waals surface area contributed by atoms with E-state index in [4.69, 9.17) is 0 Å². The number of rotatable bonds is 5. The van der Waals surface area contributed by atoms with Crippen molar-refractivity contribution in [1.29, 1.82) is 0 Å². The van der Waals surface area contributed by atoms with Crippen LogP contribution in [0.2, 0.25) is 0 Å². The van der Waals surface area contributed by atoms with Crippen molar-refractivity contribution in [2.24, 2.45) is 0 Å². The standard InChI is InChI=1S/C15H13N5O2/c21-13(9-14(22)15-16-18-19-17-15)12-7-4-8-20(12)10-11-5-2-1-3-6-11/h1-9,22H,10H2,(H,16,17,18,19). The second kappa shape index (κ2) is 6.04. The van der Waals surface area contributed by atoms with Crippen LogP contribution in [-0.4, -0.2) is 36.1 Å². The fraction of sp³-hybridized carbons (Fsp3) is 0.0667. The number of allylic oxidation sites excluding steroid dienone is 1. The van der Waals surface area contributed by atoms with E-state index in [0.717, 1.165) is 11.6 Å². The summed E-state index contributed by atoms with van der Waals surface area (Å²) in [5.74, 6) is -0.677. The van der Waals surface area contributed by atoms with Crippen molar-refractivity contribution >= 4 is 11.5 Å². The van der Waals surface area contributed by atoms with Gasteiger partial charge in [-0.2, -0.15) is 5.21 Å². The van der Waals surface area contributed by atoms with E-state index in [1.165, 1.54) is 0 Å². The molecular formula is C15H13N5O2. The summed E-state index contributed by atoms with van der Waals surface area (Å²) in [6, 6.07) is 13.3. The minimum atomic E-state index is -0.330. The number of aliphatic hydroxyl groups is 1. The maximum atomic E-state index is 12.3. The Morgan fingerprint density at radius 1 is 1.23 bits per heavy atom. The van der Waals surface area contributed by atoms with Crippen LogP contribution in [0.25, 0.3) is 5.76 Å². The molecule has 0 amide bonds. The SMILES string of the molecule is O=C(C=C(O)c1nn[nH]n1)c1cccn1Cc1ccccc1. The number of carbonyl (C=O) groups is 1. The van der Waals surface area contributed by atoms with Gasteiger partial charge in [0.25, 0.3) is 0 Å². The number of nitrogens with one attached hydrogen (secondary N) is 1. The molecule has 0 bridgehead atoms. The third-order valence-corrected chi connectivity index (χ3v) is 3.12. The van der Waals surface area contributed by atoms with E-state index in [-0.39, 0.29) is 17.4 Å². The summed E-state index contributed by atoms with van der Waals surface area (Å²) >= 11 is 0. The molecule has 2 aromatic heterocycles. The van der Waals surface area contributed by atoms with Crippen LogP contribution < -0.4 is 0 Å². The Balaban J connectivity index is 1.82. The third kappa shape index (κ3) is 2.93. The van der Waals surface area contributed by atoms with Crippen LogP contribution in [0, 0.1) is 0 Å². The molecule has 110 valence electrons. The quantitative estimate of drug-likeness (QED) is 0.425. The zero-order chi connectivity index (χ0) is 15.4. The van der Waals surface area contributed by atoms with E-state index in [2.05, 4.69) is 20.6 Å². The van der Waals surface area contributed by atoms with Crippen molar-refractivity contribution in [3.63, 3.8) is 0 Å². The van der Waals surface area contributed by atoms with Crippen molar-refractivity contribution in [2.45, 2.75) is 6.54 Å². The minimum absolute atomic E-state index is 0.0190. The molecule has 0 atom stereocenters. The van der Waals surface area contributed by atoms with Crippen molar-refractivity contribution in [2.75, 3.05) is 0 Å². The lowest BCUT2D eigenvalue weighted by molar-refractivity contribution is 0.103. The second-order valence-electron chi connectivity index (χ2n) is 4.64. The first-order valence-electron chi connectivity index (χ1n) is 6.62. The van der Waals surface area contributed by atoms with E-state index in [9.17, 15) is 9.90 Å². The molecule has 0 saturated heterocycles. The number of H-pyrrole nitrogens is 1. The maximum Gasteiger partial charge on any atom is 0.239 e. The van der Waals surface area contributed by atoms with Crippen molar-refractivity contribution in [3.8, 4) is 0 Å². The van der Waals surface area contributed by atoms with Gasteiger partial charge in [-0.15, -0.1) is 10.2 Å². The predicted octanol–water partition coefficient (Wildman–Crippen LogP) is 1.83. The maximum absolute atomic E-state index is 12.3. The summed E-state index contributed by atoms with van der Waals surface area (Å²) in [7, 11) is 0. The molecule has 0 aliphatic rings. The third-order valence-electron chi connectivity index (χ3n) is 3.12. The van der Waals surface area contributed by atoms with E-state index < -0.39 is 0 Å². The summed E-state index contributed by atoms with van der Waals surface area (Å²) < 4.78 is 1.82. The van der Waals surface area contributed by atoms with Gasteiger partial charge in [-0.3, -0.25) is 4.79 Å². The number of benzene rings is 1. The van der Waals surface area contributed by atoms with Crippen molar-refractivity contribution in [3.05, 3.63) is 71.8 Å². The van der Waals surface area contributed by atoms with Crippen LogP contribution in [0.5, 0.6) is 0 Å². The normalized spacial score (nSPS) is 11.5. The summed E-state index contributed by atoms with van der Waals surface area (Å²) in [5, 5.41) is 22.6. The van der Waals surface area contributed by atoms with Gasteiger partial charge in [0.15, 0.2) is 5.76 Å². The molecular weight excluding hydrogens is 282 g/mol. The number of tetrazole rings is 1. The molecule has 1 aromatic carbocycles. The van der Waals surface area contributed by atoms with Gasteiger partial charge in [0.2, 0.25) is 11.6 Å². The topological polar surface area (TPSA) is 96.7 Å². The monoisotopic (exact) mass is 295 g/mol. The molecule has 7 nitrogen and oxygen atoms in total. The van der Waals surface area contributed by atoms with Crippen LogP contribution in [0.15, 0.2) is 54.7 Å². The fourth-order valence-corrected chi connectivity index (χ4v) is 2.09. The number of hydrogen-bond acceptors (Lipinski definition) is 5. The highest BCUT2D eigenvalue weighted by Crippen LogP contribution is 2.11. The van der Waals surface area contributed by atoms with Gasteiger partial charge in [0.05, 0.1) is 5.69 Å². The van der Waals surface area contributed by atoms with E-state index in [1.54, 1.807) is 12.1 Å². The van der Waals surface area contributed by atoms with Crippen LogP contribution >= 0.6 is 0 Å². The smallest absolute Gasteiger partial charge is 0.239 e. The van der Waals surface area contributed by atoms with E-state index in [1.807, 2.05) is 41.1 Å². The second-order valence-corrected chi connectivity index (χ2v) is 4.64.